The van der Waals surface area contributed by atoms with Gasteiger partial charge in [0, 0.05) is 18.8 Å². The SMILES string of the molecule is CNC(=O)COc1cccc(NC(=O)c2ccc(Br)o2)c1. The number of furan rings is 1. The van der Waals surface area contributed by atoms with Gasteiger partial charge in [-0.05, 0) is 40.2 Å². The third-order valence-electron chi connectivity index (χ3n) is 2.54. The van der Waals surface area contributed by atoms with Gasteiger partial charge in [-0.2, -0.15) is 0 Å². The van der Waals surface area contributed by atoms with Crippen molar-refractivity contribution in [1.29, 1.82) is 0 Å². The van der Waals surface area contributed by atoms with Crippen LogP contribution in [0.2, 0.25) is 0 Å². The van der Waals surface area contributed by atoms with Gasteiger partial charge in [0.15, 0.2) is 17.0 Å². The van der Waals surface area contributed by atoms with E-state index in [1.165, 1.54) is 7.05 Å². The Labute approximate surface area is 129 Å². The first kappa shape index (κ1) is 15.1. The fourth-order valence-electron chi connectivity index (χ4n) is 1.51. The molecule has 2 amide bonds. The van der Waals surface area contributed by atoms with Crippen molar-refractivity contribution >= 4 is 33.4 Å². The van der Waals surface area contributed by atoms with Crippen LogP contribution in [0.3, 0.4) is 0 Å². The summed E-state index contributed by atoms with van der Waals surface area (Å²) in [5.41, 5.74) is 0.543. The molecule has 0 atom stereocenters. The highest BCUT2D eigenvalue weighted by Crippen LogP contribution is 2.19. The average Bonchev–Trinajstić information content (AvgIpc) is 2.92. The summed E-state index contributed by atoms with van der Waals surface area (Å²) in [7, 11) is 1.53. The molecule has 0 saturated heterocycles. The minimum atomic E-state index is -0.371. The molecule has 2 rings (SSSR count). The van der Waals surface area contributed by atoms with Gasteiger partial charge >= 0.3 is 0 Å². The topological polar surface area (TPSA) is 80.6 Å². The second-order valence-corrected chi connectivity index (χ2v) is 4.83. The maximum absolute atomic E-state index is 11.9. The third kappa shape index (κ3) is 4.35. The Bertz CT molecular complexity index is 654. The predicted molar refractivity (Wildman–Crippen MR) is 80.4 cm³/mol. The number of hydrogen-bond donors (Lipinski definition) is 2. The lowest BCUT2D eigenvalue weighted by molar-refractivity contribution is -0.122. The molecule has 2 N–H and O–H groups in total. The average molecular weight is 353 g/mol. The zero-order valence-corrected chi connectivity index (χ0v) is 12.8. The van der Waals surface area contributed by atoms with Gasteiger partial charge in [0.2, 0.25) is 0 Å². The van der Waals surface area contributed by atoms with E-state index in [1.807, 2.05) is 0 Å². The van der Waals surface area contributed by atoms with Crippen LogP contribution in [0.15, 0.2) is 45.5 Å². The number of hydrogen-bond acceptors (Lipinski definition) is 4. The molecular weight excluding hydrogens is 340 g/mol. The maximum Gasteiger partial charge on any atom is 0.291 e. The van der Waals surface area contributed by atoms with Crippen molar-refractivity contribution in [2.45, 2.75) is 0 Å². The molecule has 1 aromatic carbocycles. The normalized spacial score (nSPS) is 10.0. The molecule has 0 aliphatic heterocycles. The van der Waals surface area contributed by atoms with Gasteiger partial charge in [0.1, 0.15) is 5.75 Å². The molecule has 1 aromatic heterocycles. The van der Waals surface area contributed by atoms with Crippen molar-refractivity contribution in [3.05, 3.63) is 46.8 Å². The van der Waals surface area contributed by atoms with E-state index in [-0.39, 0.29) is 24.2 Å². The van der Waals surface area contributed by atoms with Gasteiger partial charge in [-0.3, -0.25) is 9.59 Å². The number of nitrogens with one attached hydrogen (secondary N) is 2. The Morgan fingerprint density at radius 1 is 1.29 bits per heavy atom. The van der Waals surface area contributed by atoms with E-state index in [0.29, 0.717) is 16.1 Å². The minimum Gasteiger partial charge on any atom is -0.484 e. The van der Waals surface area contributed by atoms with Crippen LogP contribution in [0.1, 0.15) is 10.6 Å². The van der Waals surface area contributed by atoms with Crippen LogP contribution in [-0.2, 0) is 4.79 Å². The van der Waals surface area contributed by atoms with E-state index >= 15 is 0 Å². The van der Waals surface area contributed by atoms with Crippen LogP contribution in [0.5, 0.6) is 5.75 Å². The number of halogens is 1. The van der Waals surface area contributed by atoms with Gasteiger partial charge in [-0.15, -0.1) is 0 Å². The third-order valence-corrected chi connectivity index (χ3v) is 2.96. The molecule has 0 unspecified atom stereocenters. The Balaban J connectivity index is 2.00. The minimum absolute atomic E-state index is 0.0843. The van der Waals surface area contributed by atoms with Crippen LogP contribution in [0.4, 0.5) is 5.69 Å². The highest BCUT2D eigenvalue weighted by Gasteiger charge is 2.11. The first-order valence-electron chi connectivity index (χ1n) is 6.08. The second-order valence-electron chi connectivity index (χ2n) is 4.05. The molecule has 2 aromatic rings. The van der Waals surface area contributed by atoms with E-state index < -0.39 is 0 Å². The summed E-state index contributed by atoms with van der Waals surface area (Å²) in [6.45, 7) is -0.0843. The lowest BCUT2D eigenvalue weighted by Gasteiger charge is -2.08. The predicted octanol–water partition coefficient (Wildman–Crippen LogP) is 2.42. The summed E-state index contributed by atoms with van der Waals surface area (Å²) in [5.74, 6) is 0.0737. The molecule has 0 radical (unpaired) electrons. The largest absolute Gasteiger partial charge is 0.484 e. The lowest BCUT2D eigenvalue weighted by atomic mass is 10.3. The Morgan fingerprint density at radius 2 is 2.10 bits per heavy atom. The molecule has 6 nitrogen and oxygen atoms in total. The number of anilines is 1. The van der Waals surface area contributed by atoms with E-state index in [4.69, 9.17) is 9.15 Å². The van der Waals surface area contributed by atoms with Crippen LogP contribution in [-0.4, -0.2) is 25.5 Å². The smallest absolute Gasteiger partial charge is 0.291 e. The van der Waals surface area contributed by atoms with Gasteiger partial charge in [-0.1, -0.05) is 6.07 Å². The molecule has 0 saturated carbocycles. The molecule has 110 valence electrons. The van der Waals surface area contributed by atoms with E-state index in [0.717, 1.165) is 0 Å². The first-order valence-corrected chi connectivity index (χ1v) is 6.88. The zero-order chi connectivity index (χ0) is 15.2. The molecule has 0 aliphatic carbocycles. The van der Waals surface area contributed by atoms with Gasteiger partial charge in [0.05, 0.1) is 0 Å². The van der Waals surface area contributed by atoms with Crippen molar-refractivity contribution in [3.63, 3.8) is 0 Å². The fraction of sp³-hybridized carbons (Fsp3) is 0.143. The number of amides is 2. The van der Waals surface area contributed by atoms with E-state index in [9.17, 15) is 9.59 Å². The summed E-state index contributed by atoms with van der Waals surface area (Å²) in [6, 6.07) is 9.94. The second kappa shape index (κ2) is 6.94. The molecule has 1 heterocycles. The van der Waals surface area contributed by atoms with Crippen LogP contribution in [0, 0.1) is 0 Å². The van der Waals surface area contributed by atoms with Crippen molar-refractivity contribution in [2.24, 2.45) is 0 Å². The van der Waals surface area contributed by atoms with Crippen LogP contribution >= 0.6 is 15.9 Å². The summed E-state index contributed by atoms with van der Waals surface area (Å²) in [4.78, 5) is 23.0. The van der Waals surface area contributed by atoms with Gasteiger partial charge in [0.25, 0.3) is 11.8 Å². The molecule has 7 heteroatoms. The zero-order valence-electron chi connectivity index (χ0n) is 11.2. The number of ether oxygens (including phenoxy) is 1. The van der Waals surface area contributed by atoms with Crippen molar-refractivity contribution < 1.29 is 18.7 Å². The molecule has 0 spiro atoms. The van der Waals surface area contributed by atoms with Crippen LogP contribution < -0.4 is 15.4 Å². The number of carbonyl (C=O) groups is 2. The standard InChI is InChI=1S/C14H13BrN2O4/c1-16-13(18)8-20-10-4-2-3-9(7-10)17-14(19)11-5-6-12(15)21-11/h2-7H,8H2,1H3,(H,16,18)(H,17,19). The lowest BCUT2D eigenvalue weighted by Crippen LogP contribution is -2.24. The van der Waals surface area contributed by atoms with Crippen LogP contribution in [0.25, 0.3) is 0 Å². The highest BCUT2D eigenvalue weighted by atomic mass is 79.9. The Hall–Kier alpha value is -2.28. The number of benzene rings is 1. The summed E-state index contributed by atoms with van der Waals surface area (Å²) in [5, 5.41) is 5.13. The summed E-state index contributed by atoms with van der Waals surface area (Å²) >= 11 is 3.13. The Morgan fingerprint density at radius 3 is 2.76 bits per heavy atom. The van der Waals surface area contributed by atoms with Gasteiger partial charge in [-0.25, -0.2) is 0 Å². The molecule has 0 fully saturated rings. The molecule has 21 heavy (non-hydrogen) atoms. The number of rotatable bonds is 5. The number of carbonyl (C=O) groups excluding carboxylic acids is 2. The summed E-state index contributed by atoms with van der Waals surface area (Å²) < 4.78 is 10.9. The van der Waals surface area contributed by atoms with Crippen molar-refractivity contribution in [2.75, 3.05) is 19.0 Å². The monoisotopic (exact) mass is 352 g/mol. The van der Waals surface area contributed by atoms with Crippen molar-refractivity contribution in [1.82, 2.24) is 5.32 Å². The molecular formula is C14H13BrN2O4. The Kier molecular flexibility index (Phi) is 4.99. The van der Waals surface area contributed by atoms with Gasteiger partial charge < -0.3 is 19.8 Å². The fourth-order valence-corrected chi connectivity index (χ4v) is 1.82. The van der Waals surface area contributed by atoms with E-state index in [2.05, 4.69) is 26.6 Å². The summed E-state index contributed by atoms with van der Waals surface area (Å²) in [6.07, 6.45) is 0. The number of likely N-dealkylation sites (N-methyl/N-ethyl adjacent to an activating group) is 1. The quantitative estimate of drug-likeness (QED) is 0.865. The van der Waals surface area contributed by atoms with E-state index in [1.54, 1.807) is 36.4 Å². The van der Waals surface area contributed by atoms with Crippen molar-refractivity contribution in [3.8, 4) is 5.75 Å². The first-order chi connectivity index (χ1) is 10.1. The highest BCUT2D eigenvalue weighted by molar-refractivity contribution is 9.10. The maximum atomic E-state index is 11.9. The molecule has 0 bridgehead atoms. The molecule has 0 aliphatic rings.